The third kappa shape index (κ3) is 8.65. The molecule has 2 rings (SSSR count). The van der Waals surface area contributed by atoms with E-state index in [1.165, 1.54) is 19.2 Å². The Kier molecular flexibility index (Phi) is 9.33. The van der Waals surface area contributed by atoms with Crippen LogP contribution in [0.25, 0.3) is 0 Å². The van der Waals surface area contributed by atoms with Gasteiger partial charge in [-0.1, -0.05) is 41.9 Å². The molecule has 0 radical (unpaired) electrons. The van der Waals surface area contributed by atoms with Crippen molar-refractivity contribution in [2.45, 2.75) is 51.4 Å². The second-order valence-corrected chi connectivity index (χ2v) is 12.1. The molecule has 0 spiro atoms. The summed E-state index contributed by atoms with van der Waals surface area (Å²) in [4.78, 5) is 29.3. The molecule has 10 nitrogen and oxygen atoms in total. The Labute approximate surface area is 217 Å². The monoisotopic (exact) mass is 540 g/mol. The number of nitrogens with one attached hydrogen (secondary N) is 2. The topological polar surface area (TPSA) is 138 Å². The highest BCUT2D eigenvalue weighted by Crippen LogP contribution is 2.21. The minimum atomic E-state index is -3.63. The first-order valence-corrected chi connectivity index (χ1v) is 13.4. The summed E-state index contributed by atoms with van der Waals surface area (Å²) in [5, 5.41) is 16.3. The number of aliphatic hydroxyl groups excluding tert-OH is 1. The molecular weight excluding hydrogens is 508 g/mol. The van der Waals surface area contributed by atoms with Gasteiger partial charge in [-0.3, -0.25) is 9.10 Å². The van der Waals surface area contributed by atoms with E-state index in [9.17, 15) is 23.1 Å². The van der Waals surface area contributed by atoms with Crippen molar-refractivity contribution < 1.29 is 27.9 Å². The summed E-state index contributed by atoms with van der Waals surface area (Å²) in [5.41, 5.74) is -1.03. The van der Waals surface area contributed by atoms with E-state index in [1.54, 1.807) is 27.7 Å². The summed E-state index contributed by atoms with van der Waals surface area (Å²) >= 11 is 6.00. The SMILES string of the molecule is CN(c1cc(C(=O)NCC(O)[C@@](C)(Cc2ccccc2)NC(=O)OC(C)(C)C)cc(Cl)n1)S(C)(=O)=O. The number of rotatable bonds is 9. The van der Waals surface area contributed by atoms with Gasteiger partial charge in [0.1, 0.15) is 16.6 Å². The zero-order chi connectivity index (χ0) is 27.3. The van der Waals surface area contributed by atoms with Crippen LogP contribution in [-0.4, -0.2) is 67.6 Å². The molecule has 36 heavy (non-hydrogen) atoms. The van der Waals surface area contributed by atoms with Crippen LogP contribution < -0.4 is 14.9 Å². The molecule has 0 aliphatic carbocycles. The number of aliphatic hydroxyl groups is 1. The average Bonchev–Trinajstić information content (AvgIpc) is 2.74. The number of halogens is 1. The van der Waals surface area contributed by atoms with Gasteiger partial charge >= 0.3 is 6.09 Å². The van der Waals surface area contributed by atoms with E-state index >= 15 is 0 Å². The van der Waals surface area contributed by atoms with Gasteiger partial charge in [-0.25, -0.2) is 18.2 Å². The van der Waals surface area contributed by atoms with Gasteiger partial charge in [0.2, 0.25) is 10.0 Å². The molecule has 198 valence electrons. The van der Waals surface area contributed by atoms with Crippen LogP contribution in [0.3, 0.4) is 0 Å². The Bertz CT molecular complexity index is 1190. The lowest BCUT2D eigenvalue weighted by Crippen LogP contribution is -2.59. The van der Waals surface area contributed by atoms with Crippen molar-refractivity contribution in [1.29, 1.82) is 0 Å². The summed E-state index contributed by atoms with van der Waals surface area (Å²) in [6.07, 6.45) is -0.670. The van der Waals surface area contributed by atoms with E-state index in [0.717, 1.165) is 16.1 Å². The summed E-state index contributed by atoms with van der Waals surface area (Å²) in [7, 11) is -2.34. The van der Waals surface area contributed by atoms with Gasteiger partial charge in [0, 0.05) is 19.2 Å². The molecule has 2 atom stereocenters. The number of carbonyl (C=O) groups excluding carboxylic acids is 2. The highest BCUT2D eigenvalue weighted by Gasteiger charge is 2.36. The van der Waals surface area contributed by atoms with Crippen LogP contribution >= 0.6 is 11.6 Å². The molecule has 2 aromatic rings. The molecule has 1 heterocycles. The van der Waals surface area contributed by atoms with E-state index in [2.05, 4.69) is 15.6 Å². The molecule has 12 heteroatoms. The molecule has 0 saturated heterocycles. The van der Waals surface area contributed by atoms with Crippen molar-refractivity contribution in [2.75, 3.05) is 24.2 Å². The molecule has 0 aliphatic rings. The Morgan fingerprint density at radius 1 is 1.17 bits per heavy atom. The Morgan fingerprint density at radius 2 is 1.78 bits per heavy atom. The molecule has 1 aromatic carbocycles. The fraction of sp³-hybridized carbons (Fsp3) is 0.458. The van der Waals surface area contributed by atoms with Crippen molar-refractivity contribution >= 4 is 39.4 Å². The molecule has 3 N–H and O–H groups in total. The van der Waals surface area contributed by atoms with Crippen LogP contribution in [0, 0.1) is 0 Å². The van der Waals surface area contributed by atoms with Crippen molar-refractivity contribution in [3.63, 3.8) is 0 Å². The number of hydrogen-bond donors (Lipinski definition) is 3. The number of ether oxygens (including phenoxy) is 1. The lowest BCUT2D eigenvalue weighted by atomic mass is 9.87. The van der Waals surface area contributed by atoms with E-state index in [4.69, 9.17) is 16.3 Å². The molecule has 2 amide bonds. The van der Waals surface area contributed by atoms with E-state index in [0.29, 0.717) is 0 Å². The summed E-state index contributed by atoms with van der Waals surface area (Å²) in [5.74, 6) is -0.642. The number of pyridine rings is 1. The number of carbonyl (C=O) groups is 2. The van der Waals surface area contributed by atoms with Gasteiger partial charge in [-0.15, -0.1) is 0 Å². The van der Waals surface area contributed by atoms with Crippen molar-refractivity contribution in [3.05, 3.63) is 58.7 Å². The number of amides is 2. The predicted molar refractivity (Wildman–Crippen MR) is 139 cm³/mol. The van der Waals surface area contributed by atoms with Gasteiger partial charge in [-0.05, 0) is 51.8 Å². The van der Waals surface area contributed by atoms with Gasteiger partial charge in [-0.2, -0.15) is 0 Å². The fourth-order valence-electron chi connectivity index (χ4n) is 3.26. The van der Waals surface area contributed by atoms with Crippen LogP contribution in [0.2, 0.25) is 5.15 Å². The second kappa shape index (κ2) is 11.4. The van der Waals surface area contributed by atoms with Crippen molar-refractivity contribution in [3.8, 4) is 0 Å². The lowest BCUT2D eigenvalue weighted by molar-refractivity contribution is 0.0255. The predicted octanol–water partition coefficient (Wildman–Crippen LogP) is 2.75. The van der Waals surface area contributed by atoms with Crippen LogP contribution in [0.4, 0.5) is 10.6 Å². The third-order valence-electron chi connectivity index (χ3n) is 5.25. The minimum absolute atomic E-state index is 0.0313. The first-order chi connectivity index (χ1) is 16.5. The number of sulfonamides is 1. The molecule has 0 aliphatic heterocycles. The summed E-state index contributed by atoms with van der Waals surface area (Å²) in [6, 6.07) is 11.8. The molecule has 0 bridgehead atoms. The number of hydrogen-bond acceptors (Lipinski definition) is 7. The maximum Gasteiger partial charge on any atom is 0.408 e. The van der Waals surface area contributed by atoms with Gasteiger partial charge in [0.15, 0.2) is 0 Å². The first-order valence-electron chi connectivity index (χ1n) is 11.1. The molecule has 1 unspecified atom stereocenters. The van der Waals surface area contributed by atoms with E-state index < -0.39 is 39.3 Å². The minimum Gasteiger partial charge on any atom is -0.444 e. The lowest BCUT2D eigenvalue weighted by Gasteiger charge is -2.36. The quantitative estimate of drug-likeness (QED) is 0.416. The summed E-state index contributed by atoms with van der Waals surface area (Å²) in [6.45, 7) is 6.62. The van der Waals surface area contributed by atoms with Crippen LogP contribution in [0.15, 0.2) is 42.5 Å². The second-order valence-electron chi connectivity index (χ2n) is 9.70. The first kappa shape index (κ1) is 29.3. The highest BCUT2D eigenvalue weighted by atomic mass is 35.5. The van der Waals surface area contributed by atoms with E-state index in [1.807, 2.05) is 30.3 Å². The molecule has 0 fully saturated rings. The highest BCUT2D eigenvalue weighted by molar-refractivity contribution is 7.92. The smallest absolute Gasteiger partial charge is 0.408 e. The zero-order valence-electron chi connectivity index (χ0n) is 21.2. The van der Waals surface area contributed by atoms with Crippen LogP contribution in [0.1, 0.15) is 43.6 Å². The molecule has 1 aromatic heterocycles. The summed E-state index contributed by atoms with van der Waals surface area (Å²) < 4.78 is 29.9. The number of aromatic nitrogens is 1. The van der Waals surface area contributed by atoms with Gasteiger partial charge < -0.3 is 20.5 Å². The number of nitrogens with zero attached hydrogens (tertiary/aromatic N) is 2. The molecule has 0 saturated carbocycles. The van der Waals surface area contributed by atoms with Gasteiger partial charge in [0.25, 0.3) is 5.91 Å². The Balaban J connectivity index is 2.22. The van der Waals surface area contributed by atoms with Crippen molar-refractivity contribution in [2.24, 2.45) is 0 Å². The van der Waals surface area contributed by atoms with Crippen LogP contribution in [0.5, 0.6) is 0 Å². The zero-order valence-corrected chi connectivity index (χ0v) is 22.8. The largest absolute Gasteiger partial charge is 0.444 e. The standard InChI is InChI=1S/C24H33ClN4O6S/c1-23(2,3)35-22(32)28-24(4,14-16-10-8-7-9-11-16)18(30)15-26-21(31)17-12-19(25)27-20(13-17)29(5)36(6,33)34/h7-13,18,30H,14-15H2,1-6H3,(H,26,31)(H,28,32)/t18?,24-/m1/s1. The molecular formula is C24H33ClN4O6S. The maximum absolute atomic E-state index is 12.8. The normalized spacial score (nSPS) is 14.3. The Hall–Kier alpha value is -2.89. The average molecular weight is 541 g/mol. The maximum atomic E-state index is 12.8. The number of benzene rings is 1. The third-order valence-corrected chi connectivity index (χ3v) is 6.63. The fourth-order valence-corrected chi connectivity index (χ4v) is 3.90. The van der Waals surface area contributed by atoms with Gasteiger partial charge in [0.05, 0.1) is 17.9 Å². The van der Waals surface area contributed by atoms with Crippen LogP contribution in [-0.2, 0) is 21.2 Å². The van der Waals surface area contributed by atoms with E-state index in [-0.39, 0.29) is 29.5 Å². The number of alkyl carbamates (subject to hydrolysis) is 1. The Morgan fingerprint density at radius 3 is 2.33 bits per heavy atom. The van der Waals surface area contributed by atoms with Crippen molar-refractivity contribution in [1.82, 2.24) is 15.6 Å². The number of anilines is 1.